The maximum absolute atomic E-state index is 13.5. The second-order valence-corrected chi connectivity index (χ2v) is 9.53. The minimum atomic E-state index is -1.08. The van der Waals surface area contributed by atoms with Crippen LogP contribution in [0.3, 0.4) is 0 Å². The van der Waals surface area contributed by atoms with Gasteiger partial charge in [0, 0.05) is 53.3 Å². The first-order chi connectivity index (χ1) is 18.6. The van der Waals surface area contributed by atoms with Crippen molar-refractivity contribution in [3.63, 3.8) is 0 Å². The van der Waals surface area contributed by atoms with Crippen molar-refractivity contribution in [2.75, 3.05) is 20.8 Å². The number of halogens is 1. The summed E-state index contributed by atoms with van der Waals surface area (Å²) in [5.74, 6) is -1.21. The summed E-state index contributed by atoms with van der Waals surface area (Å²) in [5, 5.41) is 10.3. The summed E-state index contributed by atoms with van der Waals surface area (Å²) in [6, 6.07) is 12.0. The van der Waals surface area contributed by atoms with Gasteiger partial charge in [-0.05, 0) is 60.9 Å². The Morgan fingerprint density at radius 3 is 2.49 bits per heavy atom. The highest BCUT2D eigenvalue weighted by Gasteiger charge is 2.24. The van der Waals surface area contributed by atoms with Crippen LogP contribution in [0.15, 0.2) is 59.5 Å². The summed E-state index contributed by atoms with van der Waals surface area (Å²) in [6.07, 6.45) is 1.72. The number of carbonyl (C=O) groups is 3. The number of H-pyrrole nitrogens is 1. The van der Waals surface area contributed by atoms with Gasteiger partial charge in [-0.2, -0.15) is 0 Å². The molecule has 0 saturated carbocycles. The molecular formula is C29H27ClN2O7. The molecule has 9 nitrogen and oxygen atoms in total. The summed E-state index contributed by atoms with van der Waals surface area (Å²) in [4.78, 5) is 53.3. The van der Waals surface area contributed by atoms with Crippen molar-refractivity contribution in [2.45, 2.75) is 25.8 Å². The quantitative estimate of drug-likeness (QED) is 0.253. The van der Waals surface area contributed by atoms with Crippen LogP contribution < -0.4 is 10.3 Å². The number of nitrogens with zero attached hydrogens (tertiary/aromatic N) is 1. The first kappa shape index (κ1) is 27.8. The number of rotatable bonds is 11. The number of carbonyl (C=O) groups excluding carboxylic acids is 2. The number of methoxy groups -OCH3 is 2. The maximum atomic E-state index is 13.5. The van der Waals surface area contributed by atoms with Crippen molar-refractivity contribution >= 4 is 40.0 Å². The van der Waals surface area contributed by atoms with E-state index in [4.69, 9.17) is 21.1 Å². The third-order valence-electron chi connectivity index (χ3n) is 6.51. The molecule has 39 heavy (non-hydrogen) atoms. The van der Waals surface area contributed by atoms with Gasteiger partial charge in [-0.25, -0.2) is 4.79 Å². The molecule has 2 N–H and O–H groups in total. The van der Waals surface area contributed by atoms with E-state index in [1.165, 1.54) is 44.0 Å². The molecule has 0 spiro atoms. The van der Waals surface area contributed by atoms with Gasteiger partial charge in [-0.15, -0.1) is 0 Å². The van der Waals surface area contributed by atoms with E-state index in [1.807, 2.05) is 0 Å². The van der Waals surface area contributed by atoms with Crippen LogP contribution in [0.2, 0.25) is 5.02 Å². The SMILES string of the molecule is COCC[C@@H](C(=O)Cc1ccc2[nH]c(C(=O)O)cc2c1)n1cc(OC)c(-c2cc(Cl)ccc2C(C)=O)cc1=O. The number of hydrogen-bond donors (Lipinski definition) is 2. The van der Waals surface area contributed by atoms with Gasteiger partial charge in [-0.3, -0.25) is 14.4 Å². The standard InChI is InChI=1S/C29H27ClN2O7/c1-16(33)20-6-5-19(30)13-21(20)22-14-28(35)32(15-27(22)39-3)25(8-9-38-2)26(34)11-17-4-7-23-18(10-17)12-24(31-23)29(36)37/h4-7,10,12-15,25,31H,8-9,11H2,1-3H3,(H,36,37)/t25-/m0/s1. The highest BCUT2D eigenvalue weighted by atomic mass is 35.5. The van der Waals surface area contributed by atoms with Crippen LogP contribution in [-0.2, 0) is 16.0 Å². The predicted octanol–water partition coefficient (Wildman–Crippen LogP) is 4.95. The largest absolute Gasteiger partial charge is 0.495 e. The number of aromatic amines is 1. The Balaban J connectivity index is 1.73. The molecule has 0 amide bonds. The molecule has 4 aromatic rings. The van der Waals surface area contributed by atoms with Gasteiger partial charge in [0.2, 0.25) is 0 Å². The molecular weight excluding hydrogens is 524 g/mol. The van der Waals surface area contributed by atoms with E-state index in [1.54, 1.807) is 36.4 Å². The number of ketones is 2. The molecule has 0 bridgehead atoms. The molecule has 2 heterocycles. The summed E-state index contributed by atoms with van der Waals surface area (Å²) >= 11 is 6.19. The number of aromatic nitrogens is 2. The van der Waals surface area contributed by atoms with Gasteiger partial charge >= 0.3 is 5.97 Å². The lowest BCUT2D eigenvalue weighted by Gasteiger charge is -2.21. The number of benzene rings is 2. The molecule has 0 aliphatic carbocycles. The Bertz CT molecular complexity index is 1640. The Hall–Kier alpha value is -4.21. The van der Waals surface area contributed by atoms with Crippen molar-refractivity contribution in [1.29, 1.82) is 0 Å². The van der Waals surface area contributed by atoms with Crippen LogP contribution in [0.5, 0.6) is 5.75 Å². The van der Waals surface area contributed by atoms with E-state index in [0.29, 0.717) is 43.9 Å². The predicted molar refractivity (Wildman–Crippen MR) is 147 cm³/mol. The number of aromatic carboxylic acids is 1. The van der Waals surface area contributed by atoms with Crippen LogP contribution in [0.4, 0.5) is 0 Å². The van der Waals surface area contributed by atoms with Crippen molar-refractivity contribution in [3.8, 4) is 16.9 Å². The van der Waals surface area contributed by atoms with Gasteiger partial charge in [0.25, 0.3) is 5.56 Å². The molecule has 0 aliphatic heterocycles. The zero-order chi connectivity index (χ0) is 28.3. The third-order valence-corrected chi connectivity index (χ3v) is 6.75. The monoisotopic (exact) mass is 550 g/mol. The fourth-order valence-electron chi connectivity index (χ4n) is 4.60. The first-order valence-corrected chi connectivity index (χ1v) is 12.5. The fraction of sp³-hybridized carbons (Fsp3) is 0.241. The first-order valence-electron chi connectivity index (χ1n) is 12.1. The summed E-state index contributed by atoms with van der Waals surface area (Å²) < 4.78 is 12.1. The number of ether oxygens (including phenoxy) is 2. The molecule has 0 saturated heterocycles. The van der Waals surface area contributed by atoms with Crippen LogP contribution in [-0.4, -0.2) is 53.0 Å². The number of carboxylic acids is 1. The molecule has 1 atom stereocenters. The lowest BCUT2D eigenvalue weighted by Crippen LogP contribution is -2.31. The molecule has 4 rings (SSSR count). The number of Topliss-reactive ketones (excluding diaryl/α,β-unsaturated/α-hetero) is 2. The zero-order valence-corrected chi connectivity index (χ0v) is 22.4. The van der Waals surface area contributed by atoms with E-state index >= 15 is 0 Å². The van der Waals surface area contributed by atoms with Crippen molar-refractivity contribution in [2.24, 2.45) is 0 Å². The highest BCUT2D eigenvalue weighted by Crippen LogP contribution is 2.34. The summed E-state index contributed by atoms with van der Waals surface area (Å²) in [6.45, 7) is 1.65. The molecule has 2 aromatic heterocycles. The molecule has 10 heteroatoms. The average Bonchev–Trinajstić information content (AvgIpc) is 3.33. The van der Waals surface area contributed by atoms with Crippen LogP contribution in [0.1, 0.15) is 45.8 Å². The van der Waals surface area contributed by atoms with Crippen LogP contribution in [0, 0.1) is 0 Å². The van der Waals surface area contributed by atoms with Crippen LogP contribution >= 0.6 is 11.6 Å². The van der Waals surface area contributed by atoms with Crippen molar-refractivity contribution in [3.05, 3.63) is 86.9 Å². The minimum Gasteiger partial charge on any atom is -0.495 e. The summed E-state index contributed by atoms with van der Waals surface area (Å²) in [7, 11) is 2.95. The molecule has 202 valence electrons. The van der Waals surface area contributed by atoms with E-state index < -0.39 is 17.6 Å². The zero-order valence-electron chi connectivity index (χ0n) is 21.6. The van der Waals surface area contributed by atoms with Gasteiger partial charge in [0.05, 0.1) is 19.3 Å². The van der Waals surface area contributed by atoms with Crippen molar-refractivity contribution < 1.29 is 29.0 Å². The van der Waals surface area contributed by atoms with Crippen LogP contribution in [0.25, 0.3) is 22.0 Å². The Labute approximate surface area is 228 Å². The number of hydrogen-bond acceptors (Lipinski definition) is 6. The Kier molecular flexibility index (Phi) is 8.32. The third kappa shape index (κ3) is 5.94. The number of nitrogens with one attached hydrogen (secondary N) is 1. The number of fused-ring (bicyclic) bond motifs is 1. The molecule has 0 radical (unpaired) electrons. The van der Waals surface area contributed by atoms with E-state index in [-0.39, 0.29) is 36.7 Å². The second kappa shape index (κ2) is 11.7. The van der Waals surface area contributed by atoms with Gasteiger partial charge in [-0.1, -0.05) is 17.7 Å². The maximum Gasteiger partial charge on any atom is 0.352 e. The minimum absolute atomic E-state index is 0.0111. The second-order valence-electron chi connectivity index (χ2n) is 9.10. The van der Waals surface area contributed by atoms with E-state index in [0.717, 1.165) is 0 Å². The normalized spacial score (nSPS) is 11.9. The smallest absolute Gasteiger partial charge is 0.352 e. The summed E-state index contributed by atoms with van der Waals surface area (Å²) in [5.41, 5.74) is 2.13. The van der Waals surface area contributed by atoms with E-state index in [9.17, 15) is 24.3 Å². The molecule has 0 unspecified atom stereocenters. The van der Waals surface area contributed by atoms with Gasteiger partial charge in [0.1, 0.15) is 11.4 Å². The van der Waals surface area contributed by atoms with E-state index in [2.05, 4.69) is 4.98 Å². The molecule has 0 fully saturated rings. The lowest BCUT2D eigenvalue weighted by atomic mass is 9.96. The average molecular weight is 551 g/mol. The van der Waals surface area contributed by atoms with Gasteiger partial charge in [0.15, 0.2) is 11.6 Å². The Morgan fingerprint density at radius 2 is 1.82 bits per heavy atom. The topological polar surface area (TPSA) is 128 Å². The number of pyridine rings is 1. The van der Waals surface area contributed by atoms with Crippen molar-refractivity contribution in [1.82, 2.24) is 9.55 Å². The Morgan fingerprint density at radius 1 is 1.05 bits per heavy atom. The number of carboxylic acid groups (broad SMARTS) is 1. The van der Waals surface area contributed by atoms with Gasteiger partial charge < -0.3 is 24.1 Å². The fourth-order valence-corrected chi connectivity index (χ4v) is 4.77. The molecule has 2 aromatic carbocycles. The molecule has 0 aliphatic rings. The lowest BCUT2D eigenvalue weighted by molar-refractivity contribution is -0.122. The highest BCUT2D eigenvalue weighted by molar-refractivity contribution is 6.31.